The molecule has 4 nitrogen and oxygen atoms in total. The Morgan fingerprint density at radius 2 is 2.29 bits per heavy atom. The molecular weight excluding hydrogens is 227 g/mol. The van der Waals surface area contributed by atoms with E-state index in [1.54, 1.807) is 0 Å². The lowest BCUT2D eigenvalue weighted by Crippen LogP contribution is -2.41. The molecule has 1 saturated heterocycles. The minimum Gasteiger partial charge on any atom is -0.379 e. The summed E-state index contributed by atoms with van der Waals surface area (Å²) in [7, 11) is 0. The number of rotatable bonds is 3. The number of carbonyl (C=O) groups is 1. The van der Waals surface area contributed by atoms with Crippen molar-refractivity contribution in [2.75, 3.05) is 19.8 Å². The second-order valence-electron chi connectivity index (χ2n) is 3.05. The van der Waals surface area contributed by atoms with E-state index in [1.165, 1.54) is 6.08 Å². The van der Waals surface area contributed by atoms with Gasteiger partial charge in [-0.05, 0) is 6.08 Å². The zero-order valence-electron chi connectivity index (χ0n) is 7.50. The van der Waals surface area contributed by atoms with Gasteiger partial charge in [0.2, 0.25) is 5.91 Å². The van der Waals surface area contributed by atoms with Gasteiger partial charge in [0.15, 0.2) is 0 Å². The monoisotopic (exact) mass is 238 g/mol. The molecule has 6 heteroatoms. The number of halogens is 2. The SMILES string of the molecule is NC1COCC1C(=O)NCC=C(Cl)Cl. The zero-order chi connectivity index (χ0) is 10.6. The molecule has 0 saturated carbocycles. The van der Waals surface area contributed by atoms with Crippen molar-refractivity contribution < 1.29 is 9.53 Å². The summed E-state index contributed by atoms with van der Waals surface area (Å²) in [6.07, 6.45) is 1.50. The topological polar surface area (TPSA) is 64.3 Å². The molecule has 2 atom stereocenters. The Morgan fingerprint density at radius 1 is 1.57 bits per heavy atom. The molecule has 0 aromatic heterocycles. The molecule has 0 aliphatic carbocycles. The number of hydrogen-bond acceptors (Lipinski definition) is 3. The number of carbonyl (C=O) groups excluding carboxylic acids is 1. The summed E-state index contributed by atoms with van der Waals surface area (Å²) in [5.41, 5.74) is 5.66. The first kappa shape index (κ1) is 11.8. The number of nitrogens with two attached hydrogens (primary N) is 1. The number of ether oxygens (including phenoxy) is 1. The maximum absolute atomic E-state index is 11.5. The second kappa shape index (κ2) is 5.56. The smallest absolute Gasteiger partial charge is 0.227 e. The summed E-state index contributed by atoms with van der Waals surface area (Å²) in [5, 5.41) is 2.64. The van der Waals surface area contributed by atoms with Gasteiger partial charge in [0.05, 0.1) is 19.1 Å². The van der Waals surface area contributed by atoms with Crippen LogP contribution in [0.1, 0.15) is 0 Å². The lowest BCUT2D eigenvalue weighted by Gasteiger charge is -2.11. The minimum absolute atomic E-state index is 0.124. The molecular formula is C8H12Cl2N2O2. The molecule has 1 heterocycles. The highest BCUT2D eigenvalue weighted by atomic mass is 35.5. The van der Waals surface area contributed by atoms with E-state index in [9.17, 15) is 4.79 Å². The number of amides is 1. The van der Waals surface area contributed by atoms with Crippen molar-refractivity contribution in [1.29, 1.82) is 0 Å². The lowest BCUT2D eigenvalue weighted by atomic mass is 10.0. The molecule has 0 aromatic carbocycles. The van der Waals surface area contributed by atoms with Crippen molar-refractivity contribution in [2.45, 2.75) is 6.04 Å². The highest BCUT2D eigenvalue weighted by Gasteiger charge is 2.30. The molecule has 0 bridgehead atoms. The van der Waals surface area contributed by atoms with Crippen LogP contribution in [0.5, 0.6) is 0 Å². The van der Waals surface area contributed by atoms with Gasteiger partial charge in [-0.1, -0.05) is 23.2 Å². The zero-order valence-corrected chi connectivity index (χ0v) is 9.02. The van der Waals surface area contributed by atoms with Crippen molar-refractivity contribution in [3.63, 3.8) is 0 Å². The molecule has 2 unspecified atom stereocenters. The third-order valence-corrected chi connectivity index (χ3v) is 2.30. The quantitative estimate of drug-likeness (QED) is 0.749. The van der Waals surface area contributed by atoms with Gasteiger partial charge in [-0.15, -0.1) is 0 Å². The Balaban J connectivity index is 2.31. The first-order chi connectivity index (χ1) is 6.61. The molecule has 0 spiro atoms. The van der Waals surface area contributed by atoms with Crippen LogP contribution in [0.2, 0.25) is 0 Å². The van der Waals surface area contributed by atoms with Crippen molar-refractivity contribution in [1.82, 2.24) is 5.32 Å². The summed E-state index contributed by atoms with van der Waals surface area (Å²) in [5.74, 6) is -0.390. The van der Waals surface area contributed by atoms with Gasteiger partial charge in [0.25, 0.3) is 0 Å². The molecule has 1 aliphatic heterocycles. The standard InChI is InChI=1S/C8H12Cl2N2O2/c9-7(10)1-2-12-8(13)5-3-14-4-6(5)11/h1,5-6H,2-4,11H2,(H,12,13). The van der Waals surface area contributed by atoms with Crippen molar-refractivity contribution in [3.8, 4) is 0 Å². The molecule has 1 fully saturated rings. The summed E-state index contributed by atoms with van der Waals surface area (Å²) in [4.78, 5) is 11.5. The fourth-order valence-corrected chi connectivity index (χ4v) is 1.36. The molecule has 14 heavy (non-hydrogen) atoms. The highest BCUT2D eigenvalue weighted by molar-refractivity contribution is 6.55. The Kier molecular flexibility index (Phi) is 4.68. The Bertz CT molecular complexity index is 241. The average Bonchev–Trinajstić information content (AvgIpc) is 2.50. The maximum atomic E-state index is 11.5. The maximum Gasteiger partial charge on any atom is 0.227 e. The number of nitrogens with one attached hydrogen (secondary N) is 1. The number of hydrogen-bond donors (Lipinski definition) is 2. The predicted molar refractivity (Wildman–Crippen MR) is 55.1 cm³/mol. The van der Waals surface area contributed by atoms with Crippen molar-refractivity contribution in [2.24, 2.45) is 11.7 Å². The van der Waals surface area contributed by atoms with Crippen LogP contribution in [0, 0.1) is 5.92 Å². The molecule has 1 rings (SSSR count). The lowest BCUT2D eigenvalue weighted by molar-refractivity contribution is -0.125. The molecule has 0 radical (unpaired) electrons. The summed E-state index contributed by atoms with van der Waals surface area (Å²) < 4.78 is 5.20. The Labute approximate surface area is 92.4 Å². The Morgan fingerprint density at radius 3 is 2.79 bits per heavy atom. The van der Waals surface area contributed by atoms with Crippen LogP contribution >= 0.6 is 23.2 Å². The van der Waals surface area contributed by atoms with E-state index in [-0.39, 0.29) is 22.4 Å². The normalized spacial score (nSPS) is 25.9. The van der Waals surface area contributed by atoms with Gasteiger partial charge >= 0.3 is 0 Å². The van der Waals surface area contributed by atoms with Crippen LogP contribution in [-0.4, -0.2) is 31.7 Å². The first-order valence-electron chi connectivity index (χ1n) is 4.23. The van der Waals surface area contributed by atoms with Gasteiger partial charge in [-0.25, -0.2) is 0 Å². The van der Waals surface area contributed by atoms with Crippen LogP contribution in [0.15, 0.2) is 10.6 Å². The third kappa shape index (κ3) is 3.46. The van der Waals surface area contributed by atoms with Crippen LogP contribution < -0.4 is 11.1 Å². The van der Waals surface area contributed by atoms with E-state index in [1.807, 2.05) is 0 Å². The molecule has 80 valence electrons. The van der Waals surface area contributed by atoms with Gasteiger partial charge in [0, 0.05) is 12.6 Å². The van der Waals surface area contributed by atoms with Crippen LogP contribution in [0.3, 0.4) is 0 Å². The first-order valence-corrected chi connectivity index (χ1v) is 4.99. The van der Waals surface area contributed by atoms with E-state index in [2.05, 4.69) is 5.32 Å². The highest BCUT2D eigenvalue weighted by Crippen LogP contribution is 2.11. The van der Waals surface area contributed by atoms with Crippen LogP contribution in [-0.2, 0) is 9.53 Å². The molecule has 3 N–H and O–H groups in total. The van der Waals surface area contributed by atoms with Gasteiger partial charge in [0.1, 0.15) is 4.49 Å². The van der Waals surface area contributed by atoms with E-state index >= 15 is 0 Å². The van der Waals surface area contributed by atoms with Gasteiger partial charge in [-0.2, -0.15) is 0 Å². The van der Waals surface area contributed by atoms with E-state index < -0.39 is 0 Å². The second-order valence-corrected chi connectivity index (χ2v) is 4.05. The van der Waals surface area contributed by atoms with Crippen molar-refractivity contribution >= 4 is 29.1 Å². The third-order valence-electron chi connectivity index (χ3n) is 1.99. The molecule has 1 aliphatic rings. The predicted octanol–water partition coefficient (Wildman–Crippen LogP) is 0.395. The largest absolute Gasteiger partial charge is 0.379 e. The Hall–Kier alpha value is -0.290. The average molecular weight is 239 g/mol. The summed E-state index contributed by atoms with van der Waals surface area (Å²) in [6, 6.07) is -0.217. The minimum atomic E-state index is -0.266. The van der Waals surface area contributed by atoms with Crippen LogP contribution in [0.4, 0.5) is 0 Å². The van der Waals surface area contributed by atoms with E-state index in [4.69, 9.17) is 33.7 Å². The summed E-state index contributed by atoms with van der Waals surface area (Å²) >= 11 is 10.8. The van der Waals surface area contributed by atoms with Crippen molar-refractivity contribution in [3.05, 3.63) is 10.6 Å². The molecule has 1 amide bonds. The fraction of sp³-hybridized carbons (Fsp3) is 0.625. The van der Waals surface area contributed by atoms with E-state index in [0.717, 1.165) is 0 Å². The molecule has 0 aromatic rings. The van der Waals surface area contributed by atoms with Gasteiger partial charge in [-0.3, -0.25) is 4.79 Å². The van der Waals surface area contributed by atoms with Crippen LogP contribution in [0.25, 0.3) is 0 Å². The fourth-order valence-electron chi connectivity index (χ4n) is 1.20. The van der Waals surface area contributed by atoms with E-state index in [0.29, 0.717) is 19.8 Å². The van der Waals surface area contributed by atoms with Gasteiger partial charge < -0.3 is 15.8 Å². The summed E-state index contributed by atoms with van der Waals surface area (Å²) in [6.45, 7) is 1.12.